The summed E-state index contributed by atoms with van der Waals surface area (Å²) in [6, 6.07) is 7.31. The van der Waals surface area contributed by atoms with E-state index in [9.17, 15) is 9.90 Å². The third-order valence-corrected chi connectivity index (χ3v) is 4.66. The summed E-state index contributed by atoms with van der Waals surface area (Å²) in [4.78, 5) is 17.1. The van der Waals surface area contributed by atoms with Crippen LogP contribution >= 0.6 is 0 Å². The number of carbonyl (C=O) groups is 1. The number of nitrogens with zero attached hydrogens (tertiary/aromatic N) is 1. The highest BCUT2D eigenvalue weighted by molar-refractivity contribution is 5.95. The molecule has 0 spiro atoms. The minimum atomic E-state index is -0.277. The first-order valence-electron chi connectivity index (χ1n) is 8.46. The van der Waals surface area contributed by atoms with Crippen molar-refractivity contribution in [2.75, 3.05) is 0 Å². The van der Waals surface area contributed by atoms with Crippen LogP contribution in [0.3, 0.4) is 0 Å². The lowest BCUT2D eigenvalue weighted by atomic mass is 9.76. The van der Waals surface area contributed by atoms with Gasteiger partial charge in [-0.2, -0.15) is 0 Å². The van der Waals surface area contributed by atoms with Crippen LogP contribution in [0.5, 0.6) is 0 Å². The molecule has 2 aromatic heterocycles. The molecule has 2 aromatic rings. The van der Waals surface area contributed by atoms with Gasteiger partial charge < -0.3 is 14.8 Å². The van der Waals surface area contributed by atoms with E-state index in [2.05, 4.69) is 10.3 Å². The van der Waals surface area contributed by atoms with Crippen molar-refractivity contribution < 1.29 is 14.3 Å². The van der Waals surface area contributed by atoms with Gasteiger partial charge in [-0.15, -0.1) is 0 Å². The van der Waals surface area contributed by atoms with Gasteiger partial charge in [-0.3, -0.25) is 9.78 Å². The molecule has 2 heterocycles. The van der Waals surface area contributed by atoms with Gasteiger partial charge in [0.15, 0.2) is 0 Å². The van der Waals surface area contributed by atoms with Gasteiger partial charge in [-0.1, -0.05) is 19.9 Å². The highest BCUT2D eigenvalue weighted by atomic mass is 16.3. The topological polar surface area (TPSA) is 75.4 Å². The Bertz CT molecular complexity index is 703. The number of aromatic nitrogens is 1. The van der Waals surface area contributed by atoms with Crippen molar-refractivity contribution in [3.05, 3.63) is 53.2 Å². The molecule has 3 rings (SSSR count). The van der Waals surface area contributed by atoms with E-state index in [0.29, 0.717) is 24.2 Å². The number of hydrogen-bond donors (Lipinski definition) is 2. The van der Waals surface area contributed by atoms with Crippen molar-refractivity contribution in [3.63, 3.8) is 0 Å². The number of amides is 1. The van der Waals surface area contributed by atoms with E-state index in [-0.39, 0.29) is 29.9 Å². The van der Waals surface area contributed by atoms with Crippen LogP contribution in [0.25, 0.3) is 0 Å². The standard InChI is InChI=1S/C19H24N2O3/c1-11(2)17-10-15(12(3)24-17)19(23)21-18(13-8-14(22)9-13)16-6-4-5-7-20-16/h4-7,10-11,13-14,18,22H,8-9H2,1-3H3,(H,21,23)/t13?,14?,18-/m1/s1. The number of aryl methyl sites for hydroxylation is 1. The van der Waals surface area contributed by atoms with Crippen molar-refractivity contribution in [1.29, 1.82) is 0 Å². The smallest absolute Gasteiger partial charge is 0.255 e. The van der Waals surface area contributed by atoms with Crippen molar-refractivity contribution >= 4 is 5.91 Å². The fourth-order valence-electron chi connectivity index (χ4n) is 3.13. The van der Waals surface area contributed by atoms with E-state index in [0.717, 1.165) is 11.5 Å². The SMILES string of the molecule is Cc1oc(C(C)C)cc1C(=O)N[C@@H](c1ccccn1)C1CC(O)C1. The average Bonchev–Trinajstić information content (AvgIpc) is 2.93. The summed E-state index contributed by atoms with van der Waals surface area (Å²) < 4.78 is 5.69. The molecule has 0 bridgehead atoms. The normalized spacial score (nSPS) is 21.4. The highest BCUT2D eigenvalue weighted by Gasteiger charge is 2.36. The average molecular weight is 328 g/mol. The highest BCUT2D eigenvalue weighted by Crippen LogP contribution is 2.37. The zero-order valence-electron chi connectivity index (χ0n) is 14.3. The van der Waals surface area contributed by atoms with Crippen LogP contribution in [0.15, 0.2) is 34.9 Å². The van der Waals surface area contributed by atoms with Crippen LogP contribution in [-0.2, 0) is 0 Å². The lowest BCUT2D eigenvalue weighted by Crippen LogP contribution is -2.41. The van der Waals surface area contributed by atoms with Gasteiger partial charge in [0, 0.05) is 12.1 Å². The minimum Gasteiger partial charge on any atom is -0.465 e. The largest absolute Gasteiger partial charge is 0.465 e. The fraction of sp³-hybridized carbons (Fsp3) is 0.474. The van der Waals surface area contributed by atoms with E-state index in [1.807, 2.05) is 45.0 Å². The molecular formula is C19H24N2O3. The lowest BCUT2D eigenvalue weighted by molar-refractivity contribution is 0.0228. The number of aliphatic hydroxyl groups is 1. The Balaban J connectivity index is 1.81. The Kier molecular flexibility index (Phi) is 4.71. The third kappa shape index (κ3) is 3.36. The second kappa shape index (κ2) is 6.77. The zero-order valence-corrected chi connectivity index (χ0v) is 14.3. The summed E-state index contributed by atoms with van der Waals surface area (Å²) in [6.07, 6.45) is 2.82. The molecule has 5 heteroatoms. The summed E-state index contributed by atoms with van der Waals surface area (Å²) in [6.45, 7) is 5.88. The summed E-state index contributed by atoms with van der Waals surface area (Å²) in [7, 11) is 0. The van der Waals surface area contributed by atoms with Crippen molar-refractivity contribution in [3.8, 4) is 0 Å². The lowest BCUT2D eigenvalue weighted by Gasteiger charge is -2.37. The second-order valence-corrected chi connectivity index (χ2v) is 6.86. The number of rotatable bonds is 5. The summed E-state index contributed by atoms with van der Waals surface area (Å²) in [5, 5.41) is 12.7. The van der Waals surface area contributed by atoms with Crippen LogP contribution in [0.2, 0.25) is 0 Å². The second-order valence-electron chi connectivity index (χ2n) is 6.86. The van der Waals surface area contributed by atoms with Crippen molar-refractivity contribution in [1.82, 2.24) is 10.3 Å². The number of nitrogens with one attached hydrogen (secondary N) is 1. The molecule has 1 saturated carbocycles. The molecule has 1 aliphatic carbocycles. The predicted octanol–water partition coefficient (Wildman–Crippen LogP) is 3.35. The number of aliphatic hydroxyl groups excluding tert-OH is 1. The fourth-order valence-corrected chi connectivity index (χ4v) is 3.13. The van der Waals surface area contributed by atoms with Gasteiger partial charge in [-0.25, -0.2) is 0 Å². The van der Waals surface area contributed by atoms with Gasteiger partial charge in [0.1, 0.15) is 11.5 Å². The van der Waals surface area contributed by atoms with Crippen LogP contribution in [0.4, 0.5) is 0 Å². The quantitative estimate of drug-likeness (QED) is 0.882. The first kappa shape index (κ1) is 16.7. The predicted molar refractivity (Wildman–Crippen MR) is 90.7 cm³/mol. The molecule has 0 radical (unpaired) electrons. The maximum Gasteiger partial charge on any atom is 0.255 e. The van der Waals surface area contributed by atoms with Crippen LogP contribution < -0.4 is 5.32 Å². The zero-order chi connectivity index (χ0) is 17.3. The van der Waals surface area contributed by atoms with Crippen molar-refractivity contribution in [2.24, 2.45) is 5.92 Å². The number of pyridine rings is 1. The van der Waals surface area contributed by atoms with Crippen LogP contribution in [0.1, 0.15) is 66.2 Å². The maximum atomic E-state index is 12.7. The van der Waals surface area contributed by atoms with Gasteiger partial charge in [-0.05, 0) is 43.9 Å². The molecule has 0 unspecified atom stereocenters. The molecular weight excluding hydrogens is 304 g/mol. The molecule has 1 fully saturated rings. The van der Waals surface area contributed by atoms with Gasteiger partial charge >= 0.3 is 0 Å². The van der Waals surface area contributed by atoms with Crippen LogP contribution in [-0.4, -0.2) is 22.1 Å². The molecule has 1 atom stereocenters. The van der Waals surface area contributed by atoms with Crippen LogP contribution in [0, 0.1) is 12.8 Å². The molecule has 0 aromatic carbocycles. The molecule has 0 saturated heterocycles. The molecule has 128 valence electrons. The van der Waals surface area contributed by atoms with Crippen molar-refractivity contribution in [2.45, 2.75) is 51.7 Å². The molecule has 1 aliphatic rings. The molecule has 24 heavy (non-hydrogen) atoms. The van der Waals surface area contributed by atoms with E-state index in [1.54, 1.807) is 6.20 Å². The minimum absolute atomic E-state index is 0.153. The molecule has 2 N–H and O–H groups in total. The Morgan fingerprint density at radius 2 is 2.12 bits per heavy atom. The van der Waals surface area contributed by atoms with E-state index in [4.69, 9.17) is 4.42 Å². The molecule has 0 aliphatic heterocycles. The third-order valence-electron chi connectivity index (χ3n) is 4.66. The van der Waals surface area contributed by atoms with E-state index < -0.39 is 0 Å². The monoisotopic (exact) mass is 328 g/mol. The molecule has 1 amide bonds. The first-order chi connectivity index (χ1) is 11.5. The molecule has 5 nitrogen and oxygen atoms in total. The number of furan rings is 1. The Morgan fingerprint density at radius 1 is 1.38 bits per heavy atom. The Hall–Kier alpha value is -2.14. The van der Waals surface area contributed by atoms with E-state index in [1.165, 1.54) is 0 Å². The summed E-state index contributed by atoms with van der Waals surface area (Å²) in [5.41, 5.74) is 1.40. The Morgan fingerprint density at radius 3 is 2.67 bits per heavy atom. The Labute approximate surface area is 142 Å². The van der Waals surface area contributed by atoms with Gasteiger partial charge in [0.2, 0.25) is 0 Å². The maximum absolute atomic E-state index is 12.7. The summed E-state index contributed by atoms with van der Waals surface area (Å²) in [5.74, 6) is 1.73. The number of carbonyl (C=O) groups excluding carboxylic acids is 1. The first-order valence-corrected chi connectivity index (χ1v) is 8.46. The van der Waals surface area contributed by atoms with Gasteiger partial charge in [0.25, 0.3) is 5.91 Å². The van der Waals surface area contributed by atoms with Gasteiger partial charge in [0.05, 0.1) is 23.4 Å². The van der Waals surface area contributed by atoms with E-state index >= 15 is 0 Å². The number of hydrogen-bond acceptors (Lipinski definition) is 4. The summed E-state index contributed by atoms with van der Waals surface area (Å²) >= 11 is 0.